The Labute approximate surface area is 114 Å². The van der Waals surface area contributed by atoms with Gasteiger partial charge in [-0.25, -0.2) is 0 Å². The first-order chi connectivity index (χ1) is 8.29. The van der Waals surface area contributed by atoms with Gasteiger partial charge in [0, 0.05) is 38.4 Å². The minimum atomic E-state index is -0.613. The summed E-state index contributed by atoms with van der Waals surface area (Å²) in [4.78, 5) is 4.54. The van der Waals surface area contributed by atoms with Crippen LogP contribution in [0.1, 0.15) is 0 Å². The number of hydrogen-bond acceptors (Lipinski definition) is 4. The third kappa shape index (κ3) is 4.14. The van der Waals surface area contributed by atoms with Gasteiger partial charge < -0.3 is 15.1 Å². The van der Waals surface area contributed by atoms with Crippen molar-refractivity contribution >= 4 is 18.1 Å². The second kappa shape index (κ2) is 7.59. The number of para-hydroxylation sites is 1. The zero-order chi connectivity index (χ0) is 12.1. The third-order valence-corrected chi connectivity index (χ3v) is 3.17. The van der Waals surface area contributed by atoms with Crippen molar-refractivity contribution in [2.75, 3.05) is 44.2 Å². The summed E-state index contributed by atoms with van der Waals surface area (Å²) >= 11 is 0. The topological polar surface area (TPSA) is 46.9 Å². The van der Waals surface area contributed by atoms with E-state index < -0.39 is 6.10 Å². The van der Waals surface area contributed by atoms with Gasteiger partial charge in [0.05, 0.1) is 12.7 Å². The zero-order valence-corrected chi connectivity index (χ0v) is 11.2. The molecule has 0 aromatic heterocycles. The van der Waals surface area contributed by atoms with E-state index in [1.807, 2.05) is 6.07 Å². The van der Waals surface area contributed by atoms with Gasteiger partial charge in [0.2, 0.25) is 0 Å². The van der Waals surface area contributed by atoms with Crippen molar-refractivity contribution < 1.29 is 10.2 Å². The molecule has 18 heavy (non-hydrogen) atoms. The lowest BCUT2D eigenvalue weighted by atomic mass is 10.2. The number of benzene rings is 1. The number of piperazine rings is 1. The number of aliphatic hydroxyl groups excluding tert-OH is 2. The van der Waals surface area contributed by atoms with Crippen LogP contribution in [0.15, 0.2) is 30.3 Å². The second-order valence-corrected chi connectivity index (χ2v) is 4.46. The molecular formula is C13H21ClN2O2. The molecule has 0 saturated carbocycles. The van der Waals surface area contributed by atoms with Crippen molar-refractivity contribution in [2.24, 2.45) is 0 Å². The Bertz CT molecular complexity index is 329. The molecule has 1 heterocycles. The number of nitrogens with zero attached hydrogens (tertiary/aromatic N) is 2. The Kier molecular flexibility index (Phi) is 6.43. The first kappa shape index (κ1) is 15.2. The molecule has 0 aliphatic carbocycles. The van der Waals surface area contributed by atoms with Crippen molar-refractivity contribution in [2.45, 2.75) is 6.10 Å². The minimum Gasteiger partial charge on any atom is -0.394 e. The molecule has 102 valence electrons. The first-order valence-electron chi connectivity index (χ1n) is 6.11. The van der Waals surface area contributed by atoms with Crippen LogP contribution in [0, 0.1) is 0 Å². The fourth-order valence-electron chi connectivity index (χ4n) is 2.18. The summed E-state index contributed by atoms with van der Waals surface area (Å²) in [5.41, 5.74) is 1.26. The molecule has 0 bridgehead atoms. The Balaban J connectivity index is 0.00000162. The maximum Gasteiger partial charge on any atom is 0.0897 e. The molecule has 1 fully saturated rings. The number of halogens is 1. The largest absolute Gasteiger partial charge is 0.394 e. The average Bonchev–Trinajstić information content (AvgIpc) is 2.40. The van der Waals surface area contributed by atoms with Gasteiger partial charge >= 0.3 is 0 Å². The van der Waals surface area contributed by atoms with Crippen molar-refractivity contribution in [1.29, 1.82) is 0 Å². The fourth-order valence-corrected chi connectivity index (χ4v) is 2.18. The van der Waals surface area contributed by atoms with E-state index in [9.17, 15) is 5.11 Å². The summed E-state index contributed by atoms with van der Waals surface area (Å²) in [6.07, 6.45) is -0.613. The van der Waals surface area contributed by atoms with Crippen molar-refractivity contribution in [3.63, 3.8) is 0 Å². The Morgan fingerprint density at radius 2 is 1.67 bits per heavy atom. The van der Waals surface area contributed by atoms with Crippen LogP contribution >= 0.6 is 12.4 Å². The van der Waals surface area contributed by atoms with Crippen molar-refractivity contribution in [3.8, 4) is 0 Å². The van der Waals surface area contributed by atoms with Gasteiger partial charge in [-0.3, -0.25) is 4.90 Å². The van der Waals surface area contributed by atoms with Gasteiger partial charge in [0.15, 0.2) is 0 Å². The molecule has 1 atom stereocenters. The van der Waals surface area contributed by atoms with Crippen LogP contribution in [0.3, 0.4) is 0 Å². The molecule has 1 unspecified atom stereocenters. The lowest BCUT2D eigenvalue weighted by Gasteiger charge is -2.36. The molecule has 1 aliphatic heterocycles. The van der Waals surface area contributed by atoms with Crippen LogP contribution in [0.25, 0.3) is 0 Å². The minimum absolute atomic E-state index is 0. The Morgan fingerprint density at radius 1 is 1.06 bits per heavy atom. The van der Waals surface area contributed by atoms with Crippen LogP contribution in [0.2, 0.25) is 0 Å². The predicted molar refractivity (Wildman–Crippen MR) is 75.4 cm³/mol. The summed E-state index contributed by atoms with van der Waals surface area (Å²) in [6.45, 7) is 4.24. The average molecular weight is 273 g/mol. The van der Waals surface area contributed by atoms with Gasteiger partial charge in [-0.15, -0.1) is 12.4 Å². The van der Waals surface area contributed by atoms with Crippen molar-refractivity contribution in [3.05, 3.63) is 30.3 Å². The van der Waals surface area contributed by atoms with E-state index in [-0.39, 0.29) is 19.0 Å². The molecule has 0 amide bonds. The summed E-state index contributed by atoms with van der Waals surface area (Å²) in [7, 11) is 0. The predicted octanol–water partition coefficient (Wildman–Crippen LogP) is 0.584. The highest BCUT2D eigenvalue weighted by molar-refractivity contribution is 5.85. The lowest BCUT2D eigenvalue weighted by molar-refractivity contribution is 0.0575. The number of hydrogen-bond donors (Lipinski definition) is 2. The number of anilines is 1. The van der Waals surface area contributed by atoms with Gasteiger partial charge in [0.25, 0.3) is 0 Å². The maximum atomic E-state index is 9.39. The zero-order valence-electron chi connectivity index (χ0n) is 10.4. The molecule has 1 aliphatic rings. The molecule has 5 heteroatoms. The summed E-state index contributed by atoms with van der Waals surface area (Å²) in [6, 6.07) is 10.4. The highest BCUT2D eigenvalue weighted by Gasteiger charge is 2.18. The van der Waals surface area contributed by atoms with E-state index in [1.54, 1.807) is 0 Å². The van der Waals surface area contributed by atoms with E-state index >= 15 is 0 Å². The number of rotatable bonds is 4. The molecule has 1 aromatic rings. The van der Waals surface area contributed by atoms with Gasteiger partial charge in [-0.1, -0.05) is 18.2 Å². The first-order valence-corrected chi connectivity index (χ1v) is 6.11. The van der Waals surface area contributed by atoms with Gasteiger partial charge in [0.1, 0.15) is 0 Å². The van der Waals surface area contributed by atoms with Crippen LogP contribution < -0.4 is 4.90 Å². The molecule has 2 rings (SSSR count). The Hall–Kier alpha value is -0.810. The maximum absolute atomic E-state index is 9.39. The van der Waals surface area contributed by atoms with Crippen molar-refractivity contribution in [1.82, 2.24) is 4.90 Å². The SMILES string of the molecule is Cl.OCC(O)CN1CCN(c2ccccc2)CC1. The van der Waals surface area contributed by atoms with Crippen LogP contribution in [0.4, 0.5) is 5.69 Å². The van der Waals surface area contributed by atoms with E-state index in [2.05, 4.69) is 34.1 Å². The monoisotopic (exact) mass is 272 g/mol. The smallest absolute Gasteiger partial charge is 0.0897 e. The fraction of sp³-hybridized carbons (Fsp3) is 0.538. The Morgan fingerprint density at radius 3 is 2.22 bits per heavy atom. The number of β-amino-alcohol motifs (C(OH)–C–C–N with tert-alkyl or cyclic N) is 1. The molecule has 0 spiro atoms. The highest BCUT2D eigenvalue weighted by atomic mass is 35.5. The van der Waals surface area contributed by atoms with Crippen LogP contribution in [0.5, 0.6) is 0 Å². The third-order valence-electron chi connectivity index (χ3n) is 3.17. The summed E-state index contributed by atoms with van der Waals surface area (Å²) < 4.78 is 0. The second-order valence-electron chi connectivity index (χ2n) is 4.46. The van der Waals surface area contributed by atoms with Gasteiger partial charge in [-0.05, 0) is 12.1 Å². The van der Waals surface area contributed by atoms with Gasteiger partial charge in [-0.2, -0.15) is 0 Å². The molecule has 1 aromatic carbocycles. The van der Waals surface area contributed by atoms with Crippen LogP contribution in [-0.4, -0.2) is 60.5 Å². The van der Waals surface area contributed by atoms with E-state index in [0.29, 0.717) is 6.54 Å². The standard InChI is InChI=1S/C13H20N2O2.ClH/c16-11-13(17)10-14-6-8-15(9-7-14)12-4-2-1-3-5-12;/h1-5,13,16-17H,6-11H2;1H. The van der Waals surface area contributed by atoms with E-state index in [0.717, 1.165) is 26.2 Å². The van der Waals surface area contributed by atoms with E-state index in [1.165, 1.54) is 5.69 Å². The highest BCUT2D eigenvalue weighted by Crippen LogP contribution is 2.15. The molecule has 4 nitrogen and oxygen atoms in total. The molecule has 2 N–H and O–H groups in total. The van der Waals surface area contributed by atoms with E-state index in [4.69, 9.17) is 5.11 Å². The summed E-state index contributed by atoms with van der Waals surface area (Å²) in [5.74, 6) is 0. The normalized spacial score (nSPS) is 18.2. The quantitative estimate of drug-likeness (QED) is 0.842. The number of aliphatic hydroxyl groups is 2. The lowest BCUT2D eigenvalue weighted by Crippen LogP contribution is -2.49. The molecular weight excluding hydrogens is 252 g/mol. The molecule has 0 radical (unpaired) electrons. The van der Waals surface area contributed by atoms with Crippen LogP contribution in [-0.2, 0) is 0 Å². The molecule has 1 saturated heterocycles. The summed E-state index contributed by atoms with van der Waals surface area (Å²) in [5, 5.41) is 18.2.